The third kappa shape index (κ3) is 5.83. The van der Waals surface area contributed by atoms with Gasteiger partial charge in [-0.25, -0.2) is 0 Å². The van der Waals surface area contributed by atoms with Crippen molar-refractivity contribution in [3.8, 4) is 11.5 Å². The summed E-state index contributed by atoms with van der Waals surface area (Å²) in [5.74, 6) is 1.47. The van der Waals surface area contributed by atoms with Crippen LogP contribution in [0.4, 0.5) is 5.69 Å². The van der Waals surface area contributed by atoms with Crippen molar-refractivity contribution in [1.82, 2.24) is 0 Å². The lowest BCUT2D eigenvalue weighted by Crippen LogP contribution is -3.29. The zero-order valence-electron chi connectivity index (χ0n) is 18.8. The minimum atomic E-state index is -0.149. The number of Topliss-reactive ketones (excluding diaryl/α,β-unsaturated/α-hetero) is 1. The molecule has 1 atom stereocenters. The molecule has 1 saturated heterocycles. The van der Waals surface area contributed by atoms with Crippen LogP contribution in [-0.2, 0) is 11.3 Å². The van der Waals surface area contributed by atoms with Gasteiger partial charge in [0.2, 0.25) is 0 Å². The number of carbonyl (C=O) groups excluding carboxylic acids is 2. The molecule has 0 unspecified atom stereocenters. The molecule has 2 aromatic carbocycles. The number of amides is 1. The lowest BCUT2D eigenvalue weighted by molar-refractivity contribution is -1.02. The van der Waals surface area contributed by atoms with Crippen molar-refractivity contribution in [3.63, 3.8) is 0 Å². The maximum Gasteiger partial charge on any atom is 0.282 e. The van der Waals surface area contributed by atoms with E-state index in [2.05, 4.69) is 11.4 Å². The number of ether oxygens (including phenoxy) is 2. The van der Waals surface area contributed by atoms with Crippen LogP contribution in [0.1, 0.15) is 29.8 Å². The summed E-state index contributed by atoms with van der Waals surface area (Å²) >= 11 is 0. The summed E-state index contributed by atoms with van der Waals surface area (Å²) in [5.41, 5.74) is 2.49. The summed E-state index contributed by atoms with van der Waals surface area (Å²) in [4.78, 5) is 27.1. The van der Waals surface area contributed by atoms with E-state index in [1.807, 2.05) is 25.1 Å². The van der Waals surface area contributed by atoms with Gasteiger partial charge in [-0.05, 0) is 44.2 Å². The van der Waals surface area contributed by atoms with E-state index < -0.39 is 0 Å². The fourth-order valence-electron chi connectivity index (χ4n) is 4.07. The van der Waals surface area contributed by atoms with Crippen molar-refractivity contribution < 1.29 is 28.9 Å². The molecule has 0 spiro atoms. The summed E-state index contributed by atoms with van der Waals surface area (Å²) in [5, 5.41) is 2.96. The number of rotatable bonds is 8. The Morgan fingerprint density at radius 2 is 1.71 bits per heavy atom. The molecular formula is C24H33N3O4+2. The van der Waals surface area contributed by atoms with Gasteiger partial charge in [0.1, 0.15) is 32.7 Å². The average molecular weight is 428 g/mol. The third-order valence-corrected chi connectivity index (χ3v) is 6.04. The summed E-state index contributed by atoms with van der Waals surface area (Å²) in [6.07, 6.45) is 0. The van der Waals surface area contributed by atoms with E-state index in [-0.39, 0.29) is 17.7 Å². The van der Waals surface area contributed by atoms with Gasteiger partial charge in [-0.1, -0.05) is 12.1 Å². The first-order chi connectivity index (χ1) is 14.9. The molecule has 3 rings (SSSR count). The highest BCUT2D eigenvalue weighted by molar-refractivity contribution is 5.97. The van der Waals surface area contributed by atoms with Crippen molar-refractivity contribution in [2.75, 3.05) is 45.7 Å². The fraction of sp³-hybridized carbons (Fsp3) is 0.417. The number of ketones is 1. The molecule has 0 bridgehead atoms. The summed E-state index contributed by atoms with van der Waals surface area (Å²) in [7, 11) is 3.29. The van der Waals surface area contributed by atoms with Crippen LogP contribution in [0.25, 0.3) is 0 Å². The molecular weight excluding hydrogens is 394 g/mol. The van der Waals surface area contributed by atoms with Crippen molar-refractivity contribution >= 4 is 17.4 Å². The van der Waals surface area contributed by atoms with Gasteiger partial charge in [-0.3, -0.25) is 9.59 Å². The second-order valence-electron chi connectivity index (χ2n) is 8.12. The van der Waals surface area contributed by atoms with Gasteiger partial charge in [-0.2, -0.15) is 0 Å². The Bertz CT molecular complexity index is 923. The highest BCUT2D eigenvalue weighted by atomic mass is 16.5. The Balaban J connectivity index is 1.52. The Morgan fingerprint density at radius 1 is 1.00 bits per heavy atom. The van der Waals surface area contributed by atoms with Gasteiger partial charge < -0.3 is 24.6 Å². The third-order valence-electron chi connectivity index (χ3n) is 6.04. The van der Waals surface area contributed by atoms with E-state index in [9.17, 15) is 9.59 Å². The first-order valence-corrected chi connectivity index (χ1v) is 10.7. The van der Waals surface area contributed by atoms with E-state index in [1.165, 1.54) is 22.3 Å². The SMILES string of the molecule is COc1ccc(C[NH+]2CC[NH+]([C@@H](C)C(=O)Nc3cccc(C(C)=O)c3)CC2)cc1OC. The number of hydrogen-bond acceptors (Lipinski definition) is 4. The summed E-state index contributed by atoms with van der Waals surface area (Å²) < 4.78 is 10.7. The molecule has 0 saturated carbocycles. The van der Waals surface area contributed by atoms with Gasteiger partial charge in [0.15, 0.2) is 23.3 Å². The number of hydrogen-bond donors (Lipinski definition) is 3. The number of methoxy groups -OCH3 is 2. The fourth-order valence-corrected chi connectivity index (χ4v) is 4.07. The van der Waals surface area contributed by atoms with Gasteiger partial charge in [-0.15, -0.1) is 0 Å². The molecule has 7 heteroatoms. The van der Waals surface area contributed by atoms with Crippen molar-refractivity contribution in [2.24, 2.45) is 0 Å². The Labute approximate surface area is 183 Å². The van der Waals surface area contributed by atoms with Gasteiger partial charge in [0.05, 0.1) is 14.2 Å². The van der Waals surface area contributed by atoms with Crippen molar-refractivity contribution in [3.05, 3.63) is 53.6 Å². The smallest absolute Gasteiger partial charge is 0.282 e. The average Bonchev–Trinajstić information content (AvgIpc) is 2.79. The lowest BCUT2D eigenvalue weighted by Gasteiger charge is -2.32. The molecule has 1 aliphatic rings. The van der Waals surface area contributed by atoms with Crippen LogP contribution in [0.3, 0.4) is 0 Å². The molecule has 166 valence electrons. The highest BCUT2D eigenvalue weighted by Crippen LogP contribution is 2.27. The zero-order valence-corrected chi connectivity index (χ0v) is 18.8. The number of anilines is 1. The lowest BCUT2D eigenvalue weighted by atomic mass is 10.1. The quantitative estimate of drug-likeness (QED) is 0.527. The summed E-state index contributed by atoms with van der Waals surface area (Å²) in [6.45, 7) is 8.29. The number of benzene rings is 2. The van der Waals surface area contributed by atoms with E-state index in [4.69, 9.17) is 9.47 Å². The Hall–Kier alpha value is -2.90. The first-order valence-electron chi connectivity index (χ1n) is 10.7. The van der Waals surface area contributed by atoms with Crippen LogP contribution < -0.4 is 24.6 Å². The van der Waals surface area contributed by atoms with Gasteiger partial charge in [0, 0.05) is 16.8 Å². The van der Waals surface area contributed by atoms with Crippen LogP contribution in [0.2, 0.25) is 0 Å². The molecule has 1 heterocycles. The summed E-state index contributed by atoms with van der Waals surface area (Å²) in [6, 6.07) is 13.0. The molecule has 0 aromatic heterocycles. The van der Waals surface area contributed by atoms with Crippen LogP contribution in [-0.4, -0.2) is 58.1 Å². The van der Waals surface area contributed by atoms with Crippen molar-refractivity contribution in [1.29, 1.82) is 0 Å². The second-order valence-corrected chi connectivity index (χ2v) is 8.12. The Morgan fingerprint density at radius 3 is 2.35 bits per heavy atom. The zero-order chi connectivity index (χ0) is 22.4. The topological polar surface area (TPSA) is 73.5 Å². The highest BCUT2D eigenvalue weighted by Gasteiger charge is 2.31. The monoisotopic (exact) mass is 427 g/mol. The Kier molecular flexibility index (Phi) is 7.65. The van der Waals surface area contributed by atoms with E-state index in [0.717, 1.165) is 44.2 Å². The number of piperazine rings is 1. The van der Waals surface area contributed by atoms with Crippen LogP contribution in [0.15, 0.2) is 42.5 Å². The van der Waals surface area contributed by atoms with Crippen LogP contribution in [0, 0.1) is 0 Å². The minimum absolute atomic E-state index is 0.0108. The standard InChI is InChI=1S/C24H31N3O4/c1-17(24(29)25-21-7-5-6-20(15-21)18(2)28)27-12-10-26(11-13-27)16-19-8-9-22(30-3)23(14-19)31-4/h5-9,14-15,17H,10-13,16H2,1-4H3,(H,25,29)/p+2/t17-/m0/s1. The number of nitrogens with one attached hydrogen (secondary N) is 3. The molecule has 2 aromatic rings. The van der Waals surface area contributed by atoms with E-state index >= 15 is 0 Å². The second kappa shape index (κ2) is 10.4. The molecule has 31 heavy (non-hydrogen) atoms. The minimum Gasteiger partial charge on any atom is -0.493 e. The largest absolute Gasteiger partial charge is 0.493 e. The molecule has 1 amide bonds. The van der Waals surface area contributed by atoms with E-state index in [0.29, 0.717) is 11.3 Å². The molecule has 7 nitrogen and oxygen atoms in total. The van der Waals surface area contributed by atoms with E-state index in [1.54, 1.807) is 32.4 Å². The molecule has 1 fully saturated rings. The van der Waals surface area contributed by atoms with Crippen molar-refractivity contribution in [2.45, 2.75) is 26.4 Å². The molecule has 3 N–H and O–H groups in total. The van der Waals surface area contributed by atoms with Crippen LogP contribution in [0.5, 0.6) is 11.5 Å². The number of carbonyl (C=O) groups is 2. The maximum absolute atomic E-state index is 12.7. The molecule has 0 radical (unpaired) electrons. The van der Waals surface area contributed by atoms with Crippen LogP contribution >= 0.6 is 0 Å². The predicted octanol–water partition coefficient (Wildman–Crippen LogP) is 0.217. The van der Waals surface area contributed by atoms with Gasteiger partial charge in [0.25, 0.3) is 5.91 Å². The molecule has 0 aliphatic carbocycles. The molecule has 1 aliphatic heterocycles. The van der Waals surface area contributed by atoms with Gasteiger partial charge >= 0.3 is 0 Å². The predicted molar refractivity (Wildman–Crippen MR) is 119 cm³/mol. The first kappa shape index (κ1) is 22.8. The maximum atomic E-state index is 12.7. The number of quaternary nitrogens is 2. The normalized spacial score (nSPS) is 19.4.